The molecule has 1 aromatic rings. The number of rotatable bonds is 10. The molecule has 0 saturated heterocycles. The van der Waals surface area contributed by atoms with Crippen LogP contribution in [-0.2, 0) is 9.47 Å². The minimum atomic E-state index is -0.0609. The molecule has 21 heavy (non-hydrogen) atoms. The summed E-state index contributed by atoms with van der Waals surface area (Å²) in [5.74, 6) is 0.510. The summed E-state index contributed by atoms with van der Waals surface area (Å²) in [7, 11) is 3.53. The Morgan fingerprint density at radius 3 is 2.62 bits per heavy atom. The number of hydrogen-bond donors (Lipinski definition) is 1. The van der Waals surface area contributed by atoms with Crippen LogP contribution in [0.3, 0.4) is 0 Å². The second-order valence-corrected chi connectivity index (χ2v) is 6.31. The molecule has 120 valence electrons. The van der Waals surface area contributed by atoms with Crippen molar-refractivity contribution in [1.29, 1.82) is 0 Å². The van der Waals surface area contributed by atoms with E-state index < -0.39 is 0 Å². The first kappa shape index (κ1) is 18.1. The molecule has 3 nitrogen and oxygen atoms in total. The third-order valence-electron chi connectivity index (χ3n) is 4.03. The molecule has 1 unspecified atom stereocenters. The van der Waals surface area contributed by atoms with Gasteiger partial charge in [0.15, 0.2) is 0 Å². The van der Waals surface area contributed by atoms with Gasteiger partial charge in [-0.1, -0.05) is 29.8 Å². The van der Waals surface area contributed by atoms with Crippen molar-refractivity contribution in [2.75, 3.05) is 33.9 Å². The zero-order valence-electron chi connectivity index (χ0n) is 14.2. The van der Waals surface area contributed by atoms with E-state index in [0.717, 1.165) is 32.5 Å². The molecule has 0 aliphatic carbocycles. The first-order valence-electron chi connectivity index (χ1n) is 7.80. The average molecular weight is 293 g/mol. The van der Waals surface area contributed by atoms with Gasteiger partial charge in [-0.3, -0.25) is 0 Å². The molecule has 0 radical (unpaired) electrons. The van der Waals surface area contributed by atoms with Gasteiger partial charge in [0.2, 0.25) is 0 Å². The summed E-state index contributed by atoms with van der Waals surface area (Å²) in [6.45, 7) is 9.08. The van der Waals surface area contributed by atoms with Crippen LogP contribution < -0.4 is 5.32 Å². The molecule has 0 heterocycles. The van der Waals surface area contributed by atoms with Crippen LogP contribution >= 0.6 is 0 Å². The minimum absolute atomic E-state index is 0.0609. The Labute approximate surface area is 130 Å². The van der Waals surface area contributed by atoms with E-state index in [-0.39, 0.29) is 5.60 Å². The molecule has 3 heteroatoms. The van der Waals surface area contributed by atoms with E-state index in [2.05, 4.69) is 50.4 Å². The van der Waals surface area contributed by atoms with Crippen LogP contribution in [0, 0.1) is 6.92 Å². The number of hydrogen-bond acceptors (Lipinski definition) is 3. The van der Waals surface area contributed by atoms with Gasteiger partial charge in [0.05, 0.1) is 12.2 Å². The number of nitrogens with one attached hydrogen (secondary N) is 1. The van der Waals surface area contributed by atoms with E-state index >= 15 is 0 Å². The van der Waals surface area contributed by atoms with Crippen LogP contribution in [0.15, 0.2) is 24.3 Å². The molecular weight excluding hydrogens is 262 g/mol. The lowest BCUT2D eigenvalue weighted by molar-refractivity contribution is 0.0124. The molecule has 0 aromatic heterocycles. The van der Waals surface area contributed by atoms with Crippen molar-refractivity contribution in [2.45, 2.75) is 45.1 Å². The number of methoxy groups -OCH3 is 2. The fourth-order valence-corrected chi connectivity index (χ4v) is 2.39. The standard InChI is InChI=1S/C18H31NO2/c1-15-7-6-8-16(13-15)17(14-19-11-12-20-4)9-10-18(2,3)21-5/h6-8,13,17,19H,9-12,14H2,1-5H3. The lowest BCUT2D eigenvalue weighted by Gasteiger charge is -2.26. The summed E-state index contributed by atoms with van der Waals surface area (Å²) in [5, 5.41) is 3.49. The average Bonchev–Trinajstić information content (AvgIpc) is 2.46. The van der Waals surface area contributed by atoms with E-state index in [9.17, 15) is 0 Å². The fourth-order valence-electron chi connectivity index (χ4n) is 2.39. The topological polar surface area (TPSA) is 30.5 Å². The molecule has 1 atom stereocenters. The highest BCUT2D eigenvalue weighted by Gasteiger charge is 2.20. The second kappa shape index (κ2) is 9.19. The minimum Gasteiger partial charge on any atom is -0.383 e. The summed E-state index contributed by atoms with van der Waals surface area (Å²) in [5.41, 5.74) is 2.67. The largest absolute Gasteiger partial charge is 0.383 e. The van der Waals surface area contributed by atoms with Crippen LogP contribution in [0.2, 0.25) is 0 Å². The van der Waals surface area contributed by atoms with Crippen LogP contribution in [0.25, 0.3) is 0 Å². The van der Waals surface area contributed by atoms with Crippen LogP contribution in [-0.4, -0.2) is 39.5 Å². The third-order valence-corrected chi connectivity index (χ3v) is 4.03. The first-order chi connectivity index (χ1) is 9.98. The monoisotopic (exact) mass is 293 g/mol. The smallest absolute Gasteiger partial charge is 0.0623 e. The first-order valence-corrected chi connectivity index (χ1v) is 7.80. The van der Waals surface area contributed by atoms with Crippen LogP contribution in [0.5, 0.6) is 0 Å². The van der Waals surface area contributed by atoms with Gasteiger partial charge in [-0.15, -0.1) is 0 Å². The molecule has 0 saturated carbocycles. The van der Waals surface area contributed by atoms with Crippen molar-refractivity contribution >= 4 is 0 Å². The molecule has 0 aliphatic rings. The maximum Gasteiger partial charge on any atom is 0.0623 e. The van der Waals surface area contributed by atoms with Gasteiger partial charge >= 0.3 is 0 Å². The maximum absolute atomic E-state index is 5.55. The van der Waals surface area contributed by atoms with Crippen molar-refractivity contribution in [3.63, 3.8) is 0 Å². The number of aryl methyl sites for hydroxylation is 1. The van der Waals surface area contributed by atoms with Crippen LogP contribution in [0.1, 0.15) is 43.7 Å². The quantitative estimate of drug-likeness (QED) is 0.670. The van der Waals surface area contributed by atoms with E-state index in [0.29, 0.717) is 5.92 Å². The van der Waals surface area contributed by atoms with Gasteiger partial charge in [0.1, 0.15) is 0 Å². The molecule has 1 rings (SSSR count). The van der Waals surface area contributed by atoms with Crippen molar-refractivity contribution in [2.24, 2.45) is 0 Å². The van der Waals surface area contributed by atoms with Crippen molar-refractivity contribution in [3.8, 4) is 0 Å². The lowest BCUT2D eigenvalue weighted by Crippen LogP contribution is -2.28. The van der Waals surface area contributed by atoms with Crippen LogP contribution in [0.4, 0.5) is 0 Å². The van der Waals surface area contributed by atoms with Crippen molar-refractivity contribution in [1.82, 2.24) is 5.32 Å². The zero-order chi connectivity index (χ0) is 15.7. The Kier molecular flexibility index (Phi) is 7.94. The normalized spacial score (nSPS) is 13.4. The molecule has 1 N–H and O–H groups in total. The Morgan fingerprint density at radius 1 is 1.24 bits per heavy atom. The lowest BCUT2D eigenvalue weighted by atomic mass is 9.89. The van der Waals surface area contributed by atoms with E-state index in [1.165, 1.54) is 11.1 Å². The molecule has 0 aliphatic heterocycles. The Balaban J connectivity index is 2.65. The number of benzene rings is 1. The SMILES string of the molecule is COCCNCC(CCC(C)(C)OC)c1cccc(C)c1. The predicted octanol–water partition coefficient (Wildman–Crippen LogP) is 3.52. The Bertz CT molecular complexity index is 404. The van der Waals surface area contributed by atoms with E-state index in [4.69, 9.17) is 9.47 Å². The van der Waals surface area contributed by atoms with Gasteiger partial charge < -0.3 is 14.8 Å². The third kappa shape index (κ3) is 7.07. The molecule has 1 aromatic carbocycles. The highest BCUT2D eigenvalue weighted by molar-refractivity contribution is 5.25. The van der Waals surface area contributed by atoms with Gasteiger partial charge in [0.25, 0.3) is 0 Å². The molecule has 0 spiro atoms. The molecule has 0 amide bonds. The Hall–Kier alpha value is -0.900. The summed E-state index contributed by atoms with van der Waals surface area (Å²) in [6, 6.07) is 8.82. The second-order valence-electron chi connectivity index (χ2n) is 6.31. The maximum atomic E-state index is 5.55. The summed E-state index contributed by atoms with van der Waals surface area (Å²) in [6.07, 6.45) is 2.17. The summed E-state index contributed by atoms with van der Waals surface area (Å²) >= 11 is 0. The predicted molar refractivity (Wildman–Crippen MR) is 89.0 cm³/mol. The Morgan fingerprint density at radius 2 is 2.00 bits per heavy atom. The molecular formula is C18H31NO2. The molecule has 0 bridgehead atoms. The van der Waals surface area contributed by atoms with E-state index in [1.54, 1.807) is 14.2 Å². The summed E-state index contributed by atoms with van der Waals surface area (Å²) in [4.78, 5) is 0. The van der Waals surface area contributed by atoms with Gasteiger partial charge in [-0.25, -0.2) is 0 Å². The van der Waals surface area contributed by atoms with Gasteiger partial charge in [-0.05, 0) is 45.1 Å². The van der Waals surface area contributed by atoms with E-state index in [1.807, 2.05) is 0 Å². The zero-order valence-corrected chi connectivity index (χ0v) is 14.2. The molecule has 0 fully saturated rings. The summed E-state index contributed by atoms with van der Waals surface area (Å²) < 4.78 is 10.6. The van der Waals surface area contributed by atoms with Gasteiger partial charge in [0, 0.05) is 27.3 Å². The highest BCUT2D eigenvalue weighted by atomic mass is 16.5. The van der Waals surface area contributed by atoms with Gasteiger partial charge in [-0.2, -0.15) is 0 Å². The number of ether oxygens (including phenoxy) is 2. The fraction of sp³-hybridized carbons (Fsp3) is 0.667. The van der Waals surface area contributed by atoms with Crippen molar-refractivity contribution < 1.29 is 9.47 Å². The highest BCUT2D eigenvalue weighted by Crippen LogP contribution is 2.26. The van der Waals surface area contributed by atoms with Crippen molar-refractivity contribution in [3.05, 3.63) is 35.4 Å².